The summed E-state index contributed by atoms with van der Waals surface area (Å²) in [4.78, 5) is 14.4. The zero-order valence-electron chi connectivity index (χ0n) is 19.1. The lowest BCUT2D eigenvalue weighted by atomic mass is 9.60. The standard InChI is InChI=1S/C23H36BNO4/c1-20(2,3)27-19(26)25-15-13-23(14-16-25,18-11-9-8-10-12-18)17-24-28-21(4,5)22(6,7)29-24/h8-12H,13-17H2,1-7H3. The van der Waals surface area contributed by atoms with Crippen molar-refractivity contribution in [1.82, 2.24) is 4.90 Å². The summed E-state index contributed by atoms with van der Waals surface area (Å²) in [5, 5.41) is 0. The molecule has 0 spiro atoms. The van der Waals surface area contributed by atoms with E-state index in [1.807, 2.05) is 31.7 Å². The van der Waals surface area contributed by atoms with Crippen molar-refractivity contribution in [2.75, 3.05) is 13.1 Å². The van der Waals surface area contributed by atoms with E-state index in [9.17, 15) is 4.79 Å². The van der Waals surface area contributed by atoms with Crippen LogP contribution < -0.4 is 0 Å². The maximum atomic E-state index is 12.5. The predicted molar refractivity (Wildman–Crippen MR) is 116 cm³/mol. The Kier molecular flexibility index (Phi) is 5.83. The van der Waals surface area contributed by atoms with Crippen LogP contribution in [0.2, 0.25) is 6.32 Å². The number of rotatable bonds is 3. The molecule has 2 heterocycles. The number of hydrogen-bond donors (Lipinski definition) is 0. The maximum Gasteiger partial charge on any atom is 0.458 e. The summed E-state index contributed by atoms with van der Waals surface area (Å²) in [6.07, 6.45) is 2.28. The molecule has 0 bridgehead atoms. The number of ether oxygens (including phenoxy) is 1. The van der Waals surface area contributed by atoms with Gasteiger partial charge in [-0.05, 0) is 78.6 Å². The van der Waals surface area contributed by atoms with Crippen LogP contribution in [0.25, 0.3) is 0 Å². The lowest BCUT2D eigenvalue weighted by Gasteiger charge is -2.43. The smallest absolute Gasteiger partial charge is 0.444 e. The molecule has 2 fully saturated rings. The van der Waals surface area contributed by atoms with Crippen molar-refractivity contribution in [3.05, 3.63) is 35.9 Å². The molecule has 0 atom stereocenters. The van der Waals surface area contributed by atoms with Crippen LogP contribution >= 0.6 is 0 Å². The molecule has 2 aliphatic heterocycles. The van der Waals surface area contributed by atoms with Gasteiger partial charge in [-0.15, -0.1) is 0 Å². The van der Waals surface area contributed by atoms with Gasteiger partial charge >= 0.3 is 13.2 Å². The second kappa shape index (κ2) is 7.62. The molecule has 0 saturated carbocycles. The Morgan fingerprint density at radius 3 is 2.03 bits per heavy atom. The van der Waals surface area contributed by atoms with E-state index in [2.05, 4.69) is 52.0 Å². The number of carbonyl (C=O) groups is 1. The Labute approximate surface area is 176 Å². The van der Waals surface area contributed by atoms with Crippen LogP contribution in [-0.2, 0) is 19.5 Å². The molecule has 29 heavy (non-hydrogen) atoms. The topological polar surface area (TPSA) is 48.0 Å². The minimum Gasteiger partial charge on any atom is -0.444 e. The Bertz CT molecular complexity index is 702. The molecule has 3 rings (SSSR count). The Morgan fingerprint density at radius 1 is 1.03 bits per heavy atom. The summed E-state index contributed by atoms with van der Waals surface area (Å²) < 4.78 is 18.2. The molecule has 0 N–H and O–H groups in total. The molecule has 0 aromatic heterocycles. The molecule has 0 radical (unpaired) electrons. The van der Waals surface area contributed by atoms with Crippen molar-refractivity contribution < 1.29 is 18.8 Å². The van der Waals surface area contributed by atoms with Gasteiger partial charge in [0.2, 0.25) is 0 Å². The number of likely N-dealkylation sites (tertiary alicyclic amines) is 1. The van der Waals surface area contributed by atoms with Crippen molar-refractivity contribution in [2.24, 2.45) is 0 Å². The number of hydrogen-bond acceptors (Lipinski definition) is 4. The fraction of sp³-hybridized carbons (Fsp3) is 0.696. The highest BCUT2D eigenvalue weighted by molar-refractivity contribution is 6.46. The molecule has 5 nitrogen and oxygen atoms in total. The lowest BCUT2D eigenvalue weighted by molar-refractivity contribution is 0.00578. The van der Waals surface area contributed by atoms with E-state index in [0.29, 0.717) is 13.1 Å². The van der Waals surface area contributed by atoms with E-state index >= 15 is 0 Å². The predicted octanol–water partition coefficient (Wildman–Crippen LogP) is 5.05. The van der Waals surface area contributed by atoms with E-state index in [-0.39, 0.29) is 29.8 Å². The van der Waals surface area contributed by atoms with Crippen LogP contribution in [0.3, 0.4) is 0 Å². The minimum absolute atomic E-state index is 0.0824. The third kappa shape index (κ3) is 4.80. The highest BCUT2D eigenvalue weighted by atomic mass is 16.7. The first-order valence-corrected chi connectivity index (χ1v) is 10.7. The quantitative estimate of drug-likeness (QED) is 0.666. The van der Waals surface area contributed by atoms with Crippen molar-refractivity contribution in [3.8, 4) is 0 Å². The van der Waals surface area contributed by atoms with Gasteiger partial charge in [-0.1, -0.05) is 30.3 Å². The summed E-state index contributed by atoms with van der Waals surface area (Å²) in [5.74, 6) is 0. The summed E-state index contributed by atoms with van der Waals surface area (Å²) in [6, 6.07) is 10.6. The van der Waals surface area contributed by atoms with E-state index in [1.165, 1.54) is 5.56 Å². The van der Waals surface area contributed by atoms with Crippen LogP contribution in [0.5, 0.6) is 0 Å². The molecule has 2 aliphatic rings. The van der Waals surface area contributed by atoms with Crippen LogP contribution in [0.15, 0.2) is 30.3 Å². The zero-order valence-corrected chi connectivity index (χ0v) is 19.1. The molecule has 1 amide bonds. The molecule has 0 unspecified atom stereocenters. The average Bonchev–Trinajstić information content (AvgIpc) is 2.81. The number of amides is 1. The Balaban J connectivity index is 1.77. The molecular weight excluding hydrogens is 365 g/mol. The normalized spacial score (nSPS) is 23.1. The van der Waals surface area contributed by atoms with Crippen LogP contribution in [0, 0.1) is 0 Å². The monoisotopic (exact) mass is 401 g/mol. The highest BCUT2D eigenvalue weighted by Crippen LogP contribution is 2.45. The van der Waals surface area contributed by atoms with Crippen LogP contribution in [0.4, 0.5) is 4.79 Å². The number of nitrogens with zero attached hydrogens (tertiary/aromatic N) is 1. The fourth-order valence-electron chi connectivity index (χ4n) is 4.21. The van der Waals surface area contributed by atoms with Gasteiger partial charge in [0.1, 0.15) is 5.60 Å². The summed E-state index contributed by atoms with van der Waals surface area (Å²) in [7, 11) is -0.256. The number of carbonyl (C=O) groups excluding carboxylic acids is 1. The van der Waals surface area contributed by atoms with E-state index < -0.39 is 5.60 Å². The van der Waals surface area contributed by atoms with E-state index in [4.69, 9.17) is 14.0 Å². The fourth-order valence-corrected chi connectivity index (χ4v) is 4.21. The molecule has 2 saturated heterocycles. The molecule has 0 aliphatic carbocycles. The first-order valence-electron chi connectivity index (χ1n) is 10.7. The molecule has 1 aromatic rings. The average molecular weight is 401 g/mol. The van der Waals surface area contributed by atoms with Crippen molar-refractivity contribution in [1.29, 1.82) is 0 Å². The van der Waals surface area contributed by atoms with Crippen LogP contribution in [-0.4, -0.2) is 48.0 Å². The molecule has 160 valence electrons. The Morgan fingerprint density at radius 2 is 1.55 bits per heavy atom. The number of piperidine rings is 1. The summed E-state index contributed by atoms with van der Waals surface area (Å²) in [6.45, 7) is 15.4. The van der Waals surface area contributed by atoms with Crippen molar-refractivity contribution in [2.45, 2.75) is 89.8 Å². The third-order valence-electron chi connectivity index (χ3n) is 6.62. The summed E-state index contributed by atoms with van der Waals surface area (Å²) in [5.41, 5.74) is 0.0485. The first-order chi connectivity index (χ1) is 13.3. The summed E-state index contributed by atoms with van der Waals surface area (Å²) >= 11 is 0. The van der Waals surface area contributed by atoms with Gasteiger partial charge < -0.3 is 18.9 Å². The lowest BCUT2D eigenvalue weighted by Crippen LogP contribution is -2.48. The minimum atomic E-state index is -0.478. The second-order valence-corrected chi connectivity index (χ2v) is 10.5. The maximum absolute atomic E-state index is 12.5. The largest absolute Gasteiger partial charge is 0.458 e. The zero-order chi connectivity index (χ0) is 21.5. The molecule has 6 heteroatoms. The van der Waals surface area contributed by atoms with Gasteiger partial charge in [0, 0.05) is 13.1 Å². The van der Waals surface area contributed by atoms with Gasteiger partial charge in [-0.25, -0.2) is 4.79 Å². The van der Waals surface area contributed by atoms with Gasteiger partial charge in [-0.3, -0.25) is 0 Å². The van der Waals surface area contributed by atoms with Gasteiger partial charge in [0.15, 0.2) is 0 Å². The Hall–Kier alpha value is -1.53. The van der Waals surface area contributed by atoms with Gasteiger partial charge in [0.05, 0.1) is 11.2 Å². The SMILES string of the molecule is CC(C)(C)OC(=O)N1CCC(CB2OC(C)(C)C(C)(C)O2)(c2ccccc2)CC1. The van der Waals surface area contributed by atoms with Crippen molar-refractivity contribution >= 4 is 13.2 Å². The van der Waals surface area contributed by atoms with E-state index in [0.717, 1.165) is 19.2 Å². The van der Waals surface area contributed by atoms with Crippen LogP contribution in [0.1, 0.15) is 66.9 Å². The van der Waals surface area contributed by atoms with Gasteiger partial charge in [-0.2, -0.15) is 0 Å². The second-order valence-electron chi connectivity index (χ2n) is 10.5. The number of benzene rings is 1. The third-order valence-corrected chi connectivity index (χ3v) is 6.62. The van der Waals surface area contributed by atoms with E-state index in [1.54, 1.807) is 0 Å². The van der Waals surface area contributed by atoms with Gasteiger partial charge in [0.25, 0.3) is 0 Å². The molecular formula is C23H36BNO4. The highest BCUT2D eigenvalue weighted by Gasteiger charge is 2.54. The van der Waals surface area contributed by atoms with Crippen molar-refractivity contribution in [3.63, 3.8) is 0 Å². The first kappa shape index (κ1) is 22.2. The molecule has 1 aromatic carbocycles.